The van der Waals surface area contributed by atoms with Crippen molar-refractivity contribution in [2.45, 2.75) is 0 Å². The van der Waals surface area contributed by atoms with Gasteiger partial charge >= 0.3 is 0 Å². The molecule has 0 bridgehead atoms. The molecule has 3 aromatic rings. The summed E-state index contributed by atoms with van der Waals surface area (Å²) in [5.41, 5.74) is 0.814. The standard InChI is InChI=1S/C20H12ClFN2O2/c21-17-6-1-2-7-18(17)24-20(25)14(12-23)11-16-8-9-19(26-16)13-4-3-5-15(22)10-13/h1-11H,(H,24,25)/b14-11+. The molecule has 0 aliphatic heterocycles. The Morgan fingerprint density at radius 2 is 1.96 bits per heavy atom. The van der Waals surface area contributed by atoms with Crippen molar-refractivity contribution >= 4 is 29.3 Å². The summed E-state index contributed by atoms with van der Waals surface area (Å²) in [6.45, 7) is 0. The maximum absolute atomic E-state index is 13.3. The van der Waals surface area contributed by atoms with E-state index in [1.807, 2.05) is 6.07 Å². The number of nitrogens with zero attached hydrogens (tertiary/aromatic N) is 1. The number of furan rings is 1. The molecule has 0 aliphatic rings. The van der Waals surface area contributed by atoms with Gasteiger partial charge in [-0.2, -0.15) is 5.26 Å². The third kappa shape index (κ3) is 4.00. The molecule has 0 spiro atoms. The normalized spacial score (nSPS) is 11.0. The highest BCUT2D eigenvalue weighted by atomic mass is 35.5. The van der Waals surface area contributed by atoms with Crippen molar-refractivity contribution in [3.05, 3.63) is 82.8 Å². The van der Waals surface area contributed by atoms with E-state index in [9.17, 15) is 14.4 Å². The van der Waals surface area contributed by atoms with Crippen LogP contribution in [-0.4, -0.2) is 5.91 Å². The molecule has 1 amide bonds. The first-order valence-electron chi connectivity index (χ1n) is 7.60. The molecule has 0 unspecified atom stereocenters. The van der Waals surface area contributed by atoms with Crippen molar-refractivity contribution in [3.8, 4) is 17.4 Å². The van der Waals surface area contributed by atoms with E-state index in [1.54, 1.807) is 48.5 Å². The van der Waals surface area contributed by atoms with Crippen molar-refractivity contribution in [1.29, 1.82) is 5.26 Å². The Hall–Kier alpha value is -3.36. The van der Waals surface area contributed by atoms with Crippen molar-refractivity contribution in [2.24, 2.45) is 0 Å². The van der Waals surface area contributed by atoms with Gasteiger partial charge in [-0.15, -0.1) is 0 Å². The summed E-state index contributed by atoms with van der Waals surface area (Å²) < 4.78 is 18.9. The van der Waals surface area contributed by atoms with Gasteiger partial charge in [-0.3, -0.25) is 4.79 Å². The van der Waals surface area contributed by atoms with Crippen LogP contribution >= 0.6 is 11.6 Å². The third-order valence-corrected chi connectivity index (χ3v) is 3.84. The Kier molecular flexibility index (Phi) is 5.16. The van der Waals surface area contributed by atoms with Crippen LogP contribution in [0.25, 0.3) is 17.4 Å². The second kappa shape index (κ2) is 7.68. The van der Waals surface area contributed by atoms with Crippen LogP contribution in [0, 0.1) is 17.1 Å². The summed E-state index contributed by atoms with van der Waals surface area (Å²) in [5, 5.41) is 12.2. The first-order valence-corrected chi connectivity index (χ1v) is 7.98. The molecule has 26 heavy (non-hydrogen) atoms. The number of halogens is 2. The van der Waals surface area contributed by atoms with Crippen LogP contribution in [0.3, 0.4) is 0 Å². The summed E-state index contributed by atoms with van der Waals surface area (Å²) >= 11 is 5.99. The van der Waals surface area contributed by atoms with Gasteiger partial charge in [0.2, 0.25) is 0 Å². The van der Waals surface area contributed by atoms with Crippen LogP contribution in [0.1, 0.15) is 5.76 Å². The predicted octanol–water partition coefficient (Wildman–Crippen LogP) is 5.28. The highest BCUT2D eigenvalue weighted by Gasteiger charge is 2.13. The van der Waals surface area contributed by atoms with Crippen LogP contribution in [0.5, 0.6) is 0 Å². The number of para-hydroxylation sites is 1. The first kappa shape index (κ1) is 17.5. The Bertz CT molecular complexity index is 1030. The Morgan fingerprint density at radius 1 is 1.15 bits per heavy atom. The smallest absolute Gasteiger partial charge is 0.266 e. The maximum atomic E-state index is 13.3. The molecule has 0 saturated carbocycles. The van der Waals surface area contributed by atoms with Crippen LogP contribution in [0.4, 0.5) is 10.1 Å². The summed E-state index contributed by atoms with van der Waals surface area (Å²) in [6, 6.07) is 17.7. The van der Waals surface area contributed by atoms with E-state index in [4.69, 9.17) is 16.0 Å². The number of benzene rings is 2. The average Bonchev–Trinajstić information content (AvgIpc) is 3.10. The number of amides is 1. The van der Waals surface area contributed by atoms with Gasteiger partial charge in [0.05, 0.1) is 10.7 Å². The van der Waals surface area contributed by atoms with Crippen molar-refractivity contribution in [1.82, 2.24) is 0 Å². The number of carbonyl (C=O) groups is 1. The SMILES string of the molecule is N#C/C(=C\c1ccc(-c2cccc(F)c2)o1)C(=O)Nc1ccccc1Cl. The number of carbonyl (C=O) groups excluding carboxylic acids is 1. The van der Waals surface area contributed by atoms with Gasteiger partial charge in [-0.1, -0.05) is 35.9 Å². The molecule has 0 fully saturated rings. The molecule has 1 heterocycles. The second-order valence-corrected chi connectivity index (χ2v) is 5.72. The summed E-state index contributed by atoms with van der Waals surface area (Å²) in [4.78, 5) is 12.3. The van der Waals surface area contributed by atoms with Gasteiger partial charge in [0.25, 0.3) is 5.91 Å². The van der Waals surface area contributed by atoms with E-state index in [2.05, 4.69) is 5.32 Å². The minimum Gasteiger partial charge on any atom is -0.457 e. The zero-order chi connectivity index (χ0) is 18.5. The maximum Gasteiger partial charge on any atom is 0.266 e. The fourth-order valence-electron chi connectivity index (χ4n) is 2.27. The Morgan fingerprint density at radius 3 is 2.69 bits per heavy atom. The molecule has 0 atom stereocenters. The highest BCUT2D eigenvalue weighted by molar-refractivity contribution is 6.34. The fourth-order valence-corrected chi connectivity index (χ4v) is 2.45. The van der Waals surface area contributed by atoms with Gasteiger partial charge in [-0.25, -0.2) is 4.39 Å². The molecular weight excluding hydrogens is 355 g/mol. The number of anilines is 1. The second-order valence-electron chi connectivity index (χ2n) is 5.32. The molecule has 1 aromatic heterocycles. The lowest BCUT2D eigenvalue weighted by Crippen LogP contribution is -2.13. The molecule has 2 aromatic carbocycles. The zero-order valence-corrected chi connectivity index (χ0v) is 14.1. The topological polar surface area (TPSA) is 66.0 Å². The summed E-state index contributed by atoms with van der Waals surface area (Å²) in [5.74, 6) is -0.258. The van der Waals surface area contributed by atoms with Gasteiger partial charge in [-0.05, 0) is 36.4 Å². The third-order valence-electron chi connectivity index (χ3n) is 3.51. The number of hydrogen-bond donors (Lipinski definition) is 1. The molecule has 4 nitrogen and oxygen atoms in total. The Labute approximate surface area is 154 Å². The fraction of sp³-hybridized carbons (Fsp3) is 0. The molecule has 3 rings (SSSR count). The van der Waals surface area contributed by atoms with E-state index in [0.29, 0.717) is 27.8 Å². The molecule has 1 N–H and O–H groups in total. The van der Waals surface area contributed by atoms with Crippen molar-refractivity contribution < 1.29 is 13.6 Å². The summed E-state index contributed by atoms with van der Waals surface area (Å²) in [7, 11) is 0. The quantitative estimate of drug-likeness (QED) is 0.504. The first-order chi connectivity index (χ1) is 12.6. The van der Waals surface area contributed by atoms with Crippen molar-refractivity contribution in [3.63, 3.8) is 0 Å². The van der Waals surface area contributed by atoms with Gasteiger partial charge in [0.15, 0.2) is 0 Å². The van der Waals surface area contributed by atoms with Crippen LogP contribution < -0.4 is 5.32 Å². The molecule has 128 valence electrons. The lowest BCUT2D eigenvalue weighted by molar-refractivity contribution is -0.112. The van der Waals surface area contributed by atoms with E-state index in [0.717, 1.165) is 0 Å². The van der Waals surface area contributed by atoms with Crippen LogP contribution in [-0.2, 0) is 4.79 Å². The number of nitriles is 1. The monoisotopic (exact) mass is 366 g/mol. The van der Waals surface area contributed by atoms with Crippen LogP contribution in [0.15, 0.2) is 70.7 Å². The molecule has 0 radical (unpaired) electrons. The Balaban J connectivity index is 1.82. The lowest BCUT2D eigenvalue weighted by atomic mass is 10.2. The zero-order valence-electron chi connectivity index (χ0n) is 13.4. The minimum absolute atomic E-state index is 0.148. The number of rotatable bonds is 4. The molecule has 6 heteroatoms. The van der Waals surface area contributed by atoms with Gasteiger partial charge < -0.3 is 9.73 Å². The minimum atomic E-state index is -0.607. The number of hydrogen-bond acceptors (Lipinski definition) is 3. The predicted molar refractivity (Wildman–Crippen MR) is 97.8 cm³/mol. The molecular formula is C20H12ClFN2O2. The van der Waals surface area contributed by atoms with Gasteiger partial charge in [0.1, 0.15) is 29.0 Å². The van der Waals surface area contributed by atoms with Gasteiger partial charge in [0, 0.05) is 11.6 Å². The van der Waals surface area contributed by atoms with E-state index >= 15 is 0 Å². The molecule has 0 saturated heterocycles. The van der Waals surface area contributed by atoms with E-state index < -0.39 is 5.91 Å². The molecule has 0 aliphatic carbocycles. The number of nitrogens with one attached hydrogen (secondary N) is 1. The highest BCUT2D eigenvalue weighted by Crippen LogP contribution is 2.25. The van der Waals surface area contributed by atoms with E-state index in [1.165, 1.54) is 18.2 Å². The lowest BCUT2D eigenvalue weighted by Gasteiger charge is -2.05. The van der Waals surface area contributed by atoms with E-state index in [-0.39, 0.29) is 11.4 Å². The van der Waals surface area contributed by atoms with Crippen molar-refractivity contribution in [2.75, 3.05) is 5.32 Å². The largest absolute Gasteiger partial charge is 0.457 e. The van der Waals surface area contributed by atoms with Crippen LogP contribution in [0.2, 0.25) is 5.02 Å². The summed E-state index contributed by atoms with van der Waals surface area (Å²) in [6.07, 6.45) is 1.31. The average molecular weight is 367 g/mol.